The van der Waals surface area contributed by atoms with Gasteiger partial charge in [-0.25, -0.2) is 24.3 Å². The number of anilines is 3. The Morgan fingerprint density at radius 3 is 2.74 bits per heavy atom. The Balaban J connectivity index is 1.46. The van der Waals surface area contributed by atoms with Crippen LogP contribution in [0.2, 0.25) is 5.02 Å². The van der Waals surface area contributed by atoms with Crippen LogP contribution >= 0.6 is 11.6 Å². The van der Waals surface area contributed by atoms with Crippen molar-refractivity contribution in [3.05, 3.63) is 41.6 Å². The molecule has 0 bridgehead atoms. The second-order valence-corrected chi connectivity index (χ2v) is 7.45. The molecule has 2 N–H and O–H groups in total. The zero-order valence-corrected chi connectivity index (χ0v) is 17.6. The van der Waals surface area contributed by atoms with Crippen LogP contribution in [0.3, 0.4) is 0 Å². The zero-order valence-electron chi connectivity index (χ0n) is 16.8. The molecule has 0 unspecified atom stereocenters. The standard InChI is InChI=1S/C20H23ClFN7O2/c21-15-11-14(1-2-16(15)22)26-19-18-17(24-13-25-19)12-23-20(27-18)29-5-3-28(4-6-29)7-9-31-10-8-30/h1-2,11-13,30H,3-10H2,(H,24,25,26). The van der Waals surface area contributed by atoms with Gasteiger partial charge in [-0.1, -0.05) is 11.6 Å². The quantitative estimate of drug-likeness (QED) is 0.503. The van der Waals surface area contributed by atoms with E-state index in [1.54, 1.807) is 12.3 Å². The highest BCUT2D eigenvalue weighted by Gasteiger charge is 2.20. The topological polar surface area (TPSA) is 99.5 Å². The lowest BCUT2D eigenvalue weighted by Gasteiger charge is -2.34. The van der Waals surface area contributed by atoms with Gasteiger partial charge in [-0.15, -0.1) is 0 Å². The van der Waals surface area contributed by atoms with E-state index in [0.717, 1.165) is 32.7 Å². The van der Waals surface area contributed by atoms with E-state index in [-0.39, 0.29) is 11.6 Å². The molecule has 0 amide bonds. The molecular formula is C20H23ClFN7O2. The van der Waals surface area contributed by atoms with Crippen molar-refractivity contribution in [2.24, 2.45) is 0 Å². The van der Waals surface area contributed by atoms with Crippen molar-refractivity contribution in [3.8, 4) is 0 Å². The Hall–Kier alpha value is -2.66. The van der Waals surface area contributed by atoms with Gasteiger partial charge < -0.3 is 20.1 Å². The Kier molecular flexibility index (Phi) is 7.03. The fourth-order valence-corrected chi connectivity index (χ4v) is 3.51. The minimum Gasteiger partial charge on any atom is -0.394 e. The normalized spacial score (nSPS) is 14.9. The number of fused-ring (bicyclic) bond motifs is 1. The summed E-state index contributed by atoms with van der Waals surface area (Å²) < 4.78 is 18.8. The van der Waals surface area contributed by atoms with E-state index in [1.165, 1.54) is 18.5 Å². The number of aromatic nitrogens is 4. The zero-order chi connectivity index (χ0) is 21.6. The SMILES string of the molecule is OCCOCCN1CCN(c2ncc3ncnc(Nc4ccc(F)c(Cl)c4)c3n2)CC1. The molecule has 0 saturated carbocycles. The van der Waals surface area contributed by atoms with Gasteiger partial charge in [0.05, 0.1) is 31.0 Å². The Labute approximate surface area is 183 Å². The van der Waals surface area contributed by atoms with Crippen molar-refractivity contribution in [2.45, 2.75) is 0 Å². The molecule has 9 nitrogen and oxygen atoms in total. The number of rotatable bonds is 8. The second-order valence-electron chi connectivity index (χ2n) is 7.04. The monoisotopic (exact) mass is 447 g/mol. The number of hydrogen-bond acceptors (Lipinski definition) is 9. The van der Waals surface area contributed by atoms with E-state index >= 15 is 0 Å². The summed E-state index contributed by atoms with van der Waals surface area (Å²) in [6, 6.07) is 4.37. The largest absolute Gasteiger partial charge is 0.394 e. The predicted molar refractivity (Wildman–Crippen MR) is 116 cm³/mol. The number of aliphatic hydroxyl groups is 1. The molecule has 31 heavy (non-hydrogen) atoms. The average molecular weight is 448 g/mol. The van der Waals surface area contributed by atoms with Crippen molar-refractivity contribution in [3.63, 3.8) is 0 Å². The highest BCUT2D eigenvalue weighted by molar-refractivity contribution is 6.31. The van der Waals surface area contributed by atoms with E-state index in [1.807, 2.05) is 0 Å². The maximum atomic E-state index is 13.4. The minimum atomic E-state index is -0.483. The molecule has 1 fully saturated rings. The molecular weight excluding hydrogens is 425 g/mol. The predicted octanol–water partition coefficient (Wildman–Crippen LogP) is 2.09. The first-order chi connectivity index (χ1) is 15.1. The highest BCUT2D eigenvalue weighted by Crippen LogP contribution is 2.26. The van der Waals surface area contributed by atoms with E-state index in [9.17, 15) is 4.39 Å². The number of aliphatic hydroxyl groups excluding tert-OH is 1. The molecule has 4 rings (SSSR count). The number of nitrogens with one attached hydrogen (secondary N) is 1. The van der Waals surface area contributed by atoms with Crippen LogP contribution in [0.15, 0.2) is 30.7 Å². The van der Waals surface area contributed by atoms with E-state index in [2.05, 4.69) is 30.1 Å². The fraction of sp³-hybridized carbons (Fsp3) is 0.400. The molecule has 1 aliphatic rings. The van der Waals surface area contributed by atoms with Crippen LogP contribution in [0.5, 0.6) is 0 Å². The third-order valence-electron chi connectivity index (χ3n) is 4.99. The third kappa shape index (κ3) is 5.34. The summed E-state index contributed by atoms with van der Waals surface area (Å²) in [4.78, 5) is 22.1. The van der Waals surface area contributed by atoms with Crippen LogP contribution in [0.4, 0.5) is 21.8 Å². The van der Waals surface area contributed by atoms with Gasteiger partial charge in [0.1, 0.15) is 23.2 Å². The van der Waals surface area contributed by atoms with Gasteiger partial charge in [-0.05, 0) is 18.2 Å². The van der Waals surface area contributed by atoms with Gasteiger partial charge in [-0.3, -0.25) is 4.90 Å². The van der Waals surface area contributed by atoms with Crippen LogP contribution in [0.25, 0.3) is 11.0 Å². The summed E-state index contributed by atoms with van der Waals surface area (Å²) in [6.45, 7) is 5.16. The lowest BCUT2D eigenvalue weighted by Crippen LogP contribution is -2.47. The Morgan fingerprint density at radius 1 is 1.13 bits per heavy atom. The summed E-state index contributed by atoms with van der Waals surface area (Å²) in [7, 11) is 0. The van der Waals surface area contributed by atoms with Gasteiger partial charge in [0.2, 0.25) is 5.95 Å². The van der Waals surface area contributed by atoms with Crippen LogP contribution in [-0.2, 0) is 4.74 Å². The van der Waals surface area contributed by atoms with Gasteiger partial charge in [0.25, 0.3) is 0 Å². The third-order valence-corrected chi connectivity index (χ3v) is 5.28. The van der Waals surface area contributed by atoms with Crippen molar-refractivity contribution >= 4 is 40.1 Å². The molecule has 0 atom stereocenters. The number of nitrogens with zero attached hydrogens (tertiary/aromatic N) is 6. The van der Waals surface area contributed by atoms with Gasteiger partial charge >= 0.3 is 0 Å². The van der Waals surface area contributed by atoms with E-state index < -0.39 is 5.82 Å². The summed E-state index contributed by atoms with van der Waals surface area (Å²) in [5.41, 5.74) is 1.78. The minimum absolute atomic E-state index is 0.0262. The van der Waals surface area contributed by atoms with Gasteiger partial charge in [0, 0.05) is 38.4 Å². The first-order valence-corrected chi connectivity index (χ1v) is 10.4. The van der Waals surface area contributed by atoms with Crippen LogP contribution < -0.4 is 10.2 Å². The second kappa shape index (κ2) is 10.1. The van der Waals surface area contributed by atoms with Crippen LogP contribution in [0, 0.1) is 5.82 Å². The Morgan fingerprint density at radius 2 is 1.97 bits per heavy atom. The number of piperazine rings is 1. The van der Waals surface area contributed by atoms with E-state index in [0.29, 0.717) is 41.7 Å². The summed E-state index contributed by atoms with van der Waals surface area (Å²) in [5, 5.41) is 11.9. The molecule has 3 heterocycles. The number of hydrogen-bond donors (Lipinski definition) is 2. The smallest absolute Gasteiger partial charge is 0.226 e. The number of benzene rings is 1. The van der Waals surface area contributed by atoms with Crippen LogP contribution in [-0.4, -0.2) is 82.5 Å². The first kappa shape index (κ1) is 21.6. The molecule has 3 aromatic rings. The molecule has 2 aromatic heterocycles. The molecule has 164 valence electrons. The highest BCUT2D eigenvalue weighted by atomic mass is 35.5. The van der Waals surface area contributed by atoms with Gasteiger partial charge in [0.15, 0.2) is 5.82 Å². The van der Waals surface area contributed by atoms with Crippen molar-refractivity contribution in [1.29, 1.82) is 0 Å². The number of ether oxygens (including phenoxy) is 1. The van der Waals surface area contributed by atoms with Crippen molar-refractivity contribution in [2.75, 3.05) is 62.8 Å². The average Bonchev–Trinajstić information content (AvgIpc) is 2.80. The molecule has 0 spiro atoms. The maximum absolute atomic E-state index is 13.4. The maximum Gasteiger partial charge on any atom is 0.226 e. The molecule has 0 aliphatic carbocycles. The molecule has 1 aromatic carbocycles. The van der Waals surface area contributed by atoms with Crippen LogP contribution in [0.1, 0.15) is 0 Å². The van der Waals surface area contributed by atoms with E-state index in [4.69, 9.17) is 26.4 Å². The molecule has 1 aliphatic heterocycles. The molecule has 1 saturated heterocycles. The summed E-state index contributed by atoms with van der Waals surface area (Å²) in [5.74, 6) is 0.623. The molecule has 0 radical (unpaired) electrons. The fourth-order valence-electron chi connectivity index (χ4n) is 3.33. The summed E-state index contributed by atoms with van der Waals surface area (Å²) in [6.07, 6.45) is 3.10. The lowest BCUT2D eigenvalue weighted by atomic mass is 10.3. The lowest BCUT2D eigenvalue weighted by molar-refractivity contribution is 0.0724. The Bertz CT molecular complexity index is 1030. The van der Waals surface area contributed by atoms with Crippen molar-refractivity contribution < 1.29 is 14.2 Å². The van der Waals surface area contributed by atoms with Gasteiger partial charge in [-0.2, -0.15) is 0 Å². The first-order valence-electron chi connectivity index (χ1n) is 10.00. The summed E-state index contributed by atoms with van der Waals surface area (Å²) >= 11 is 5.88. The van der Waals surface area contributed by atoms with Crippen molar-refractivity contribution in [1.82, 2.24) is 24.8 Å². The molecule has 11 heteroatoms. The number of halogens is 2.